The van der Waals surface area contributed by atoms with E-state index in [1.807, 2.05) is 25.1 Å². The number of fused-ring (bicyclic) bond motifs is 1. The third kappa shape index (κ3) is 3.49. The molecule has 6 heteroatoms. The van der Waals surface area contributed by atoms with Crippen LogP contribution in [0.3, 0.4) is 0 Å². The van der Waals surface area contributed by atoms with Crippen LogP contribution in [0.15, 0.2) is 42.5 Å². The lowest BCUT2D eigenvalue weighted by molar-refractivity contribution is -0.115. The van der Waals surface area contributed by atoms with Crippen molar-refractivity contribution in [1.82, 2.24) is 0 Å². The van der Waals surface area contributed by atoms with E-state index in [2.05, 4.69) is 5.32 Å². The molecule has 1 aliphatic heterocycles. The number of hydrogen-bond acceptors (Lipinski definition) is 4. The van der Waals surface area contributed by atoms with Gasteiger partial charge in [0, 0.05) is 17.7 Å². The van der Waals surface area contributed by atoms with Crippen LogP contribution in [0.25, 0.3) is 0 Å². The summed E-state index contributed by atoms with van der Waals surface area (Å²) in [4.78, 5) is 26.4. The first-order valence-corrected chi connectivity index (χ1v) is 8.09. The van der Waals surface area contributed by atoms with Gasteiger partial charge in [-0.2, -0.15) is 0 Å². The van der Waals surface area contributed by atoms with E-state index in [1.165, 1.54) is 4.90 Å². The minimum Gasteiger partial charge on any atom is -0.496 e. The Kier molecular flexibility index (Phi) is 5.00. The van der Waals surface area contributed by atoms with Gasteiger partial charge in [-0.1, -0.05) is 12.1 Å². The molecule has 0 spiro atoms. The van der Waals surface area contributed by atoms with E-state index < -0.39 is 0 Å². The first-order chi connectivity index (χ1) is 12.1. The Morgan fingerprint density at radius 1 is 1.24 bits per heavy atom. The number of amides is 2. The van der Waals surface area contributed by atoms with Gasteiger partial charge in [-0.25, -0.2) is 0 Å². The van der Waals surface area contributed by atoms with E-state index in [-0.39, 0.29) is 18.4 Å². The molecular formula is C19H20N2O4. The first-order valence-electron chi connectivity index (χ1n) is 8.09. The van der Waals surface area contributed by atoms with Crippen LogP contribution in [0, 0.1) is 0 Å². The predicted octanol–water partition coefficient (Wildman–Crippen LogP) is 2.83. The summed E-state index contributed by atoms with van der Waals surface area (Å²) in [6, 6.07) is 12.5. The third-order valence-electron chi connectivity index (χ3n) is 4.00. The fourth-order valence-electron chi connectivity index (χ4n) is 2.81. The highest BCUT2D eigenvalue weighted by atomic mass is 16.5. The molecule has 2 amide bonds. The number of nitrogens with one attached hydrogen (secondary N) is 1. The zero-order chi connectivity index (χ0) is 17.8. The largest absolute Gasteiger partial charge is 0.496 e. The van der Waals surface area contributed by atoms with Crippen molar-refractivity contribution in [2.75, 3.05) is 30.5 Å². The van der Waals surface area contributed by atoms with Gasteiger partial charge in [0.15, 0.2) is 0 Å². The number of benzene rings is 2. The monoisotopic (exact) mass is 340 g/mol. The van der Waals surface area contributed by atoms with Gasteiger partial charge in [0.05, 0.1) is 25.1 Å². The summed E-state index contributed by atoms with van der Waals surface area (Å²) in [7, 11) is 1.58. The van der Waals surface area contributed by atoms with Gasteiger partial charge in [0.1, 0.15) is 12.3 Å². The van der Waals surface area contributed by atoms with Gasteiger partial charge in [-0.05, 0) is 37.3 Å². The third-order valence-corrected chi connectivity index (χ3v) is 4.00. The van der Waals surface area contributed by atoms with Crippen molar-refractivity contribution >= 4 is 23.2 Å². The van der Waals surface area contributed by atoms with E-state index in [0.29, 0.717) is 35.9 Å². The fraction of sp³-hybridized carbons (Fsp3) is 0.263. The predicted molar refractivity (Wildman–Crippen MR) is 95.1 cm³/mol. The van der Waals surface area contributed by atoms with Crippen LogP contribution < -0.4 is 15.0 Å². The van der Waals surface area contributed by atoms with Gasteiger partial charge in [0.2, 0.25) is 5.91 Å². The number of carbonyl (C=O) groups excluding carboxylic acids is 2. The Hall–Kier alpha value is -2.86. The number of methoxy groups -OCH3 is 1. The van der Waals surface area contributed by atoms with E-state index in [9.17, 15) is 9.59 Å². The second-order valence-electron chi connectivity index (χ2n) is 5.62. The molecule has 130 valence electrons. The molecule has 2 aromatic carbocycles. The quantitative estimate of drug-likeness (QED) is 0.909. The minimum absolute atomic E-state index is 0.0112. The van der Waals surface area contributed by atoms with Crippen LogP contribution in [-0.2, 0) is 16.1 Å². The average molecular weight is 340 g/mol. The number of rotatable bonds is 5. The summed E-state index contributed by atoms with van der Waals surface area (Å²) in [6.07, 6.45) is 0. The molecule has 0 radical (unpaired) electrons. The van der Waals surface area contributed by atoms with Crippen LogP contribution in [0.4, 0.5) is 11.4 Å². The van der Waals surface area contributed by atoms with Gasteiger partial charge in [-0.15, -0.1) is 0 Å². The van der Waals surface area contributed by atoms with Crippen molar-refractivity contribution in [1.29, 1.82) is 0 Å². The van der Waals surface area contributed by atoms with Gasteiger partial charge in [0.25, 0.3) is 5.91 Å². The normalized spacial score (nSPS) is 13.2. The molecular weight excluding hydrogens is 320 g/mol. The minimum atomic E-state index is -0.234. The molecule has 1 aliphatic rings. The van der Waals surface area contributed by atoms with Crippen molar-refractivity contribution in [3.8, 4) is 5.75 Å². The average Bonchev–Trinajstić information content (AvgIpc) is 2.64. The molecule has 6 nitrogen and oxygen atoms in total. The maximum absolute atomic E-state index is 13.0. The first kappa shape index (κ1) is 17.0. The molecule has 25 heavy (non-hydrogen) atoms. The number of ether oxygens (including phenoxy) is 2. The molecule has 1 heterocycles. The van der Waals surface area contributed by atoms with E-state index in [1.54, 1.807) is 31.4 Å². The Labute approximate surface area is 146 Å². The van der Waals surface area contributed by atoms with Crippen molar-refractivity contribution < 1.29 is 19.1 Å². The maximum atomic E-state index is 13.0. The Bertz CT molecular complexity index is 804. The highest BCUT2D eigenvalue weighted by molar-refractivity contribution is 6.15. The van der Waals surface area contributed by atoms with Crippen molar-refractivity contribution in [2.45, 2.75) is 13.5 Å². The van der Waals surface area contributed by atoms with Crippen LogP contribution in [0.2, 0.25) is 0 Å². The second-order valence-corrected chi connectivity index (χ2v) is 5.62. The van der Waals surface area contributed by atoms with Crippen LogP contribution in [0.5, 0.6) is 5.75 Å². The molecule has 0 atom stereocenters. The molecule has 1 N–H and O–H groups in total. The lowest BCUT2D eigenvalue weighted by atomic mass is 10.1. The number of anilines is 2. The van der Waals surface area contributed by atoms with Crippen molar-refractivity contribution in [3.05, 3.63) is 53.6 Å². The molecule has 0 aliphatic carbocycles. The van der Waals surface area contributed by atoms with Gasteiger partial charge >= 0.3 is 0 Å². The SMILES string of the molecule is CCOCc1cc(C(=O)N2CC(=O)Nc3ccccc32)ccc1OC. The number of carbonyl (C=O) groups is 2. The maximum Gasteiger partial charge on any atom is 0.258 e. The summed E-state index contributed by atoms with van der Waals surface area (Å²) in [5.41, 5.74) is 2.61. The van der Waals surface area contributed by atoms with Crippen LogP contribution >= 0.6 is 0 Å². The molecule has 0 aromatic heterocycles. The summed E-state index contributed by atoms with van der Waals surface area (Å²) in [5, 5.41) is 2.78. The standard InChI is InChI=1S/C19H20N2O4/c1-3-25-12-14-10-13(8-9-17(14)24-2)19(23)21-11-18(22)20-15-6-4-5-7-16(15)21/h4-10H,3,11-12H2,1-2H3,(H,20,22). The number of hydrogen-bond donors (Lipinski definition) is 1. The Balaban J connectivity index is 1.94. The highest BCUT2D eigenvalue weighted by Gasteiger charge is 2.27. The summed E-state index contributed by atoms with van der Waals surface area (Å²) >= 11 is 0. The zero-order valence-corrected chi connectivity index (χ0v) is 14.2. The molecule has 0 saturated heterocycles. The molecule has 0 fully saturated rings. The Morgan fingerprint density at radius 3 is 2.80 bits per heavy atom. The van der Waals surface area contributed by atoms with Gasteiger partial charge < -0.3 is 14.8 Å². The van der Waals surface area contributed by atoms with E-state index >= 15 is 0 Å². The summed E-state index contributed by atoms with van der Waals surface area (Å²) < 4.78 is 10.8. The molecule has 2 aromatic rings. The van der Waals surface area contributed by atoms with E-state index in [4.69, 9.17) is 9.47 Å². The van der Waals surface area contributed by atoms with E-state index in [0.717, 1.165) is 5.56 Å². The number of para-hydroxylation sites is 2. The molecule has 3 rings (SSSR count). The molecule has 0 saturated carbocycles. The summed E-state index contributed by atoms with van der Waals surface area (Å²) in [6.45, 7) is 2.83. The van der Waals surface area contributed by atoms with Crippen LogP contribution in [-0.4, -0.2) is 32.1 Å². The lowest BCUT2D eigenvalue weighted by Gasteiger charge is -2.29. The fourth-order valence-corrected chi connectivity index (χ4v) is 2.81. The molecule has 0 bridgehead atoms. The topological polar surface area (TPSA) is 67.9 Å². The highest BCUT2D eigenvalue weighted by Crippen LogP contribution is 2.31. The number of nitrogens with zero attached hydrogens (tertiary/aromatic N) is 1. The van der Waals surface area contributed by atoms with Crippen molar-refractivity contribution in [3.63, 3.8) is 0 Å². The second kappa shape index (κ2) is 7.36. The Morgan fingerprint density at radius 2 is 2.04 bits per heavy atom. The smallest absolute Gasteiger partial charge is 0.258 e. The summed E-state index contributed by atoms with van der Waals surface area (Å²) in [5.74, 6) is 0.222. The van der Waals surface area contributed by atoms with Gasteiger partial charge in [-0.3, -0.25) is 14.5 Å². The molecule has 0 unspecified atom stereocenters. The zero-order valence-electron chi connectivity index (χ0n) is 14.2. The van der Waals surface area contributed by atoms with Crippen LogP contribution in [0.1, 0.15) is 22.8 Å². The lowest BCUT2D eigenvalue weighted by Crippen LogP contribution is -2.42. The van der Waals surface area contributed by atoms with Crippen molar-refractivity contribution in [2.24, 2.45) is 0 Å².